The molecule has 1 aliphatic rings. The summed E-state index contributed by atoms with van der Waals surface area (Å²) in [5.41, 5.74) is 4.70. The van der Waals surface area contributed by atoms with E-state index in [9.17, 15) is 4.79 Å². The zero-order chi connectivity index (χ0) is 11.2. The first-order chi connectivity index (χ1) is 6.08. The molecule has 0 aromatic rings. The molecule has 14 heavy (non-hydrogen) atoms. The zero-order valence-corrected chi connectivity index (χ0v) is 9.81. The fourth-order valence-corrected chi connectivity index (χ4v) is 1.64. The van der Waals surface area contributed by atoms with Gasteiger partial charge in [-0.3, -0.25) is 4.79 Å². The van der Waals surface area contributed by atoms with Gasteiger partial charge in [-0.1, -0.05) is 13.8 Å². The van der Waals surface area contributed by atoms with Gasteiger partial charge in [0, 0.05) is 0 Å². The molecule has 0 spiro atoms. The lowest BCUT2D eigenvalue weighted by molar-refractivity contribution is -0.174. The van der Waals surface area contributed by atoms with Crippen molar-refractivity contribution in [2.45, 2.75) is 58.6 Å². The average Bonchev–Trinajstić information content (AvgIpc) is 1.97. The average molecular weight is 199 g/mol. The molecular formula is C11H21NO2. The Labute approximate surface area is 86.0 Å². The minimum absolute atomic E-state index is 0.130. The van der Waals surface area contributed by atoms with E-state index in [1.807, 2.05) is 34.6 Å². The molecule has 1 fully saturated rings. The highest BCUT2D eigenvalue weighted by Gasteiger charge is 2.57. The third kappa shape index (κ3) is 1.78. The summed E-state index contributed by atoms with van der Waals surface area (Å²) in [7, 11) is 0. The summed E-state index contributed by atoms with van der Waals surface area (Å²) in [6.07, 6.45) is 1.72. The van der Waals surface area contributed by atoms with Gasteiger partial charge in [0.05, 0.1) is 0 Å². The minimum Gasteiger partial charge on any atom is -0.459 e. The monoisotopic (exact) mass is 199 g/mol. The van der Waals surface area contributed by atoms with Gasteiger partial charge in [0.25, 0.3) is 0 Å². The maximum atomic E-state index is 11.8. The summed E-state index contributed by atoms with van der Waals surface area (Å²) >= 11 is 0. The zero-order valence-electron chi connectivity index (χ0n) is 9.81. The van der Waals surface area contributed by atoms with Crippen molar-refractivity contribution in [1.29, 1.82) is 0 Å². The van der Waals surface area contributed by atoms with Crippen LogP contribution in [0.4, 0.5) is 0 Å². The highest BCUT2D eigenvalue weighted by Crippen LogP contribution is 2.48. The van der Waals surface area contributed by atoms with Gasteiger partial charge in [-0.05, 0) is 39.0 Å². The van der Waals surface area contributed by atoms with Gasteiger partial charge in [0.1, 0.15) is 11.1 Å². The lowest BCUT2D eigenvalue weighted by atomic mass is 9.57. The molecular weight excluding hydrogens is 178 g/mol. The van der Waals surface area contributed by atoms with Gasteiger partial charge in [-0.15, -0.1) is 0 Å². The number of rotatable bonds is 1. The molecule has 1 saturated carbocycles. The quantitative estimate of drug-likeness (QED) is 0.656. The van der Waals surface area contributed by atoms with E-state index in [0.717, 1.165) is 12.8 Å². The molecule has 0 amide bonds. The third-order valence-electron chi connectivity index (χ3n) is 3.12. The van der Waals surface area contributed by atoms with E-state index < -0.39 is 11.1 Å². The molecule has 0 heterocycles. The Balaban J connectivity index is 2.71. The number of ether oxygens (including phenoxy) is 1. The molecule has 82 valence electrons. The van der Waals surface area contributed by atoms with Crippen LogP contribution in [0.25, 0.3) is 0 Å². The summed E-state index contributed by atoms with van der Waals surface area (Å²) < 4.78 is 5.32. The smallest absolute Gasteiger partial charge is 0.327 e. The van der Waals surface area contributed by atoms with E-state index in [1.54, 1.807) is 0 Å². The lowest BCUT2D eigenvalue weighted by Gasteiger charge is -2.52. The van der Waals surface area contributed by atoms with Crippen molar-refractivity contribution >= 4 is 5.97 Å². The van der Waals surface area contributed by atoms with Gasteiger partial charge in [0.15, 0.2) is 0 Å². The topological polar surface area (TPSA) is 52.3 Å². The van der Waals surface area contributed by atoms with Gasteiger partial charge >= 0.3 is 5.97 Å². The number of hydrogen-bond acceptors (Lipinski definition) is 3. The number of nitrogens with two attached hydrogens (primary N) is 1. The van der Waals surface area contributed by atoms with Crippen LogP contribution in [-0.2, 0) is 9.53 Å². The molecule has 0 aromatic carbocycles. The number of carbonyl (C=O) groups is 1. The van der Waals surface area contributed by atoms with Crippen LogP contribution >= 0.6 is 0 Å². The molecule has 3 heteroatoms. The van der Waals surface area contributed by atoms with Crippen LogP contribution in [0.5, 0.6) is 0 Å². The van der Waals surface area contributed by atoms with Crippen molar-refractivity contribution in [3.05, 3.63) is 0 Å². The Hall–Kier alpha value is -0.570. The molecule has 0 saturated heterocycles. The Morgan fingerprint density at radius 2 is 1.79 bits per heavy atom. The molecule has 2 N–H and O–H groups in total. The molecule has 1 aliphatic carbocycles. The SMILES string of the molecule is CC(C)(C)OC(=O)C1(N)CCC1(C)C. The summed E-state index contributed by atoms with van der Waals surface area (Å²) in [5, 5.41) is 0. The predicted octanol–water partition coefficient (Wildman–Crippen LogP) is 1.85. The second-order valence-electron chi connectivity index (χ2n) is 5.86. The van der Waals surface area contributed by atoms with E-state index in [1.165, 1.54) is 0 Å². The molecule has 1 unspecified atom stereocenters. The first-order valence-electron chi connectivity index (χ1n) is 5.11. The molecule has 1 rings (SSSR count). The van der Waals surface area contributed by atoms with Crippen LogP contribution in [0.3, 0.4) is 0 Å². The summed E-state index contributed by atoms with van der Waals surface area (Å²) in [4.78, 5) is 11.8. The molecule has 0 radical (unpaired) electrons. The first kappa shape index (κ1) is 11.5. The predicted molar refractivity (Wildman–Crippen MR) is 55.8 cm³/mol. The van der Waals surface area contributed by atoms with Crippen molar-refractivity contribution in [2.24, 2.45) is 11.1 Å². The van der Waals surface area contributed by atoms with Crippen LogP contribution in [0.2, 0.25) is 0 Å². The van der Waals surface area contributed by atoms with E-state index >= 15 is 0 Å². The number of esters is 1. The Morgan fingerprint density at radius 3 is 2.00 bits per heavy atom. The molecule has 1 atom stereocenters. The normalized spacial score (nSPS) is 30.7. The standard InChI is InChI=1S/C11H21NO2/c1-9(2,3)14-8(13)11(12)7-6-10(11,4)5/h6-7,12H2,1-5H3. The number of carbonyl (C=O) groups excluding carboxylic acids is 1. The summed E-state index contributed by atoms with van der Waals surface area (Å²) in [6, 6.07) is 0. The first-order valence-corrected chi connectivity index (χ1v) is 5.11. The Kier molecular flexibility index (Phi) is 2.43. The maximum Gasteiger partial charge on any atom is 0.327 e. The third-order valence-corrected chi connectivity index (χ3v) is 3.12. The highest BCUT2D eigenvalue weighted by molar-refractivity contribution is 5.83. The minimum atomic E-state index is -0.777. The molecule has 3 nitrogen and oxygen atoms in total. The van der Waals surface area contributed by atoms with Crippen molar-refractivity contribution < 1.29 is 9.53 Å². The second kappa shape index (κ2) is 2.96. The second-order valence-corrected chi connectivity index (χ2v) is 5.86. The van der Waals surface area contributed by atoms with Crippen molar-refractivity contribution in [2.75, 3.05) is 0 Å². The van der Waals surface area contributed by atoms with Crippen LogP contribution < -0.4 is 5.73 Å². The van der Waals surface area contributed by atoms with Gasteiger partial charge in [-0.25, -0.2) is 0 Å². The summed E-state index contributed by atoms with van der Waals surface area (Å²) in [6.45, 7) is 9.61. The van der Waals surface area contributed by atoms with E-state index in [4.69, 9.17) is 10.5 Å². The van der Waals surface area contributed by atoms with Gasteiger partial charge < -0.3 is 10.5 Å². The summed E-state index contributed by atoms with van der Waals surface area (Å²) in [5.74, 6) is -0.263. The largest absolute Gasteiger partial charge is 0.459 e. The van der Waals surface area contributed by atoms with Crippen molar-refractivity contribution in [1.82, 2.24) is 0 Å². The Morgan fingerprint density at radius 1 is 1.29 bits per heavy atom. The van der Waals surface area contributed by atoms with Crippen LogP contribution in [-0.4, -0.2) is 17.1 Å². The lowest BCUT2D eigenvalue weighted by Crippen LogP contribution is -2.67. The van der Waals surface area contributed by atoms with E-state index in [2.05, 4.69) is 0 Å². The maximum absolute atomic E-state index is 11.8. The molecule has 0 bridgehead atoms. The molecule has 0 aliphatic heterocycles. The molecule has 0 aromatic heterocycles. The van der Waals surface area contributed by atoms with Crippen molar-refractivity contribution in [3.63, 3.8) is 0 Å². The Bertz CT molecular complexity index is 253. The fourth-order valence-electron chi connectivity index (χ4n) is 1.64. The van der Waals surface area contributed by atoms with Gasteiger partial charge in [0.2, 0.25) is 0 Å². The van der Waals surface area contributed by atoms with Crippen molar-refractivity contribution in [3.8, 4) is 0 Å². The van der Waals surface area contributed by atoms with Crippen LogP contribution in [0.1, 0.15) is 47.5 Å². The van der Waals surface area contributed by atoms with Crippen LogP contribution in [0, 0.1) is 5.41 Å². The van der Waals surface area contributed by atoms with E-state index in [-0.39, 0.29) is 11.4 Å². The number of hydrogen-bond donors (Lipinski definition) is 1. The highest BCUT2D eigenvalue weighted by atomic mass is 16.6. The van der Waals surface area contributed by atoms with Crippen LogP contribution in [0.15, 0.2) is 0 Å². The van der Waals surface area contributed by atoms with E-state index in [0.29, 0.717) is 0 Å². The van der Waals surface area contributed by atoms with Gasteiger partial charge in [-0.2, -0.15) is 0 Å². The fraction of sp³-hybridized carbons (Fsp3) is 0.909.